The summed E-state index contributed by atoms with van der Waals surface area (Å²) in [6.45, 7) is 1.41. The lowest BCUT2D eigenvalue weighted by molar-refractivity contribution is -0.114. The predicted molar refractivity (Wildman–Crippen MR) is 101 cm³/mol. The number of anilines is 1. The number of rotatable bonds is 3. The van der Waals surface area contributed by atoms with Crippen LogP contribution in [0, 0.1) is 5.82 Å². The van der Waals surface area contributed by atoms with Crippen LogP contribution in [-0.2, 0) is 4.79 Å². The highest BCUT2D eigenvalue weighted by atomic mass is 19.1. The first kappa shape index (κ1) is 18.1. The van der Waals surface area contributed by atoms with Crippen molar-refractivity contribution in [3.05, 3.63) is 96.9 Å². The van der Waals surface area contributed by atoms with Crippen LogP contribution in [0.25, 0.3) is 12.2 Å². The molecule has 3 N–H and O–H groups in total. The number of carbonyl (C=O) groups excluding carboxylic acids is 1. The van der Waals surface area contributed by atoms with Crippen LogP contribution in [0.15, 0.2) is 58.1 Å². The normalized spacial score (nSPS) is 12.2. The van der Waals surface area contributed by atoms with Gasteiger partial charge in [0.05, 0.1) is 0 Å². The molecule has 0 aliphatic rings. The Morgan fingerprint density at radius 3 is 2.11 bits per heavy atom. The molecule has 136 valence electrons. The maximum absolute atomic E-state index is 13.7. The van der Waals surface area contributed by atoms with Gasteiger partial charge in [-0.15, -0.1) is 0 Å². The maximum Gasteiger partial charge on any atom is 0.272 e. The molecule has 0 atom stereocenters. The third-order valence-corrected chi connectivity index (χ3v) is 3.73. The van der Waals surface area contributed by atoms with Crippen LogP contribution in [0.2, 0.25) is 0 Å². The highest BCUT2D eigenvalue weighted by Crippen LogP contribution is 2.09. The van der Waals surface area contributed by atoms with Gasteiger partial charge < -0.3 is 15.3 Å². The SMILES string of the molecule is CC(=O)Nc1ccc(C=c2[nH]c(=O)c(=Cc3ccccc3F)[nH]c2=O)cc1. The summed E-state index contributed by atoms with van der Waals surface area (Å²) >= 11 is 0. The van der Waals surface area contributed by atoms with E-state index in [0.717, 1.165) is 0 Å². The number of H-pyrrole nitrogens is 2. The van der Waals surface area contributed by atoms with Gasteiger partial charge in [0.2, 0.25) is 5.91 Å². The Morgan fingerprint density at radius 2 is 1.52 bits per heavy atom. The monoisotopic (exact) mass is 365 g/mol. The van der Waals surface area contributed by atoms with Crippen molar-refractivity contribution in [1.29, 1.82) is 0 Å². The standard InChI is InChI=1S/C20H16FN3O3/c1-12(25)22-15-8-6-13(7-9-15)10-17-19(26)24-18(20(27)23-17)11-14-4-2-3-5-16(14)21/h2-11H,1H3,(H,22,25)(H,23,27)(H,24,26). The predicted octanol–water partition coefficient (Wildman–Crippen LogP) is 0.818. The fourth-order valence-electron chi connectivity index (χ4n) is 2.48. The van der Waals surface area contributed by atoms with E-state index in [9.17, 15) is 18.8 Å². The Hall–Kier alpha value is -3.74. The zero-order valence-corrected chi connectivity index (χ0v) is 14.4. The molecule has 0 aliphatic carbocycles. The molecule has 1 amide bonds. The first-order valence-electron chi connectivity index (χ1n) is 8.10. The first-order valence-corrected chi connectivity index (χ1v) is 8.10. The first-order chi connectivity index (χ1) is 12.9. The van der Waals surface area contributed by atoms with E-state index in [0.29, 0.717) is 11.3 Å². The van der Waals surface area contributed by atoms with Crippen LogP contribution in [0.3, 0.4) is 0 Å². The lowest BCUT2D eigenvalue weighted by atomic mass is 10.2. The summed E-state index contributed by atoms with van der Waals surface area (Å²) < 4.78 is 13.7. The molecule has 6 nitrogen and oxygen atoms in total. The number of carbonyl (C=O) groups is 1. The second-order valence-electron chi connectivity index (χ2n) is 5.85. The third kappa shape index (κ3) is 4.46. The number of nitrogens with one attached hydrogen (secondary N) is 3. The third-order valence-electron chi connectivity index (χ3n) is 3.73. The molecule has 0 unspecified atom stereocenters. The number of aromatic nitrogens is 2. The second-order valence-corrected chi connectivity index (χ2v) is 5.85. The molecule has 7 heteroatoms. The van der Waals surface area contributed by atoms with Gasteiger partial charge in [0.15, 0.2) is 0 Å². The number of aromatic amines is 2. The average Bonchev–Trinajstić information content (AvgIpc) is 2.62. The van der Waals surface area contributed by atoms with Gasteiger partial charge in [0, 0.05) is 18.2 Å². The van der Waals surface area contributed by atoms with E-state index in [1.807, 2.05) is 0 Å². The minimum Gasteiger partial charge on any atom is -0.326 e. The van der Waals surface area contributed by atoms with Gasteiger partial charge in [-0.25, -0.2) is 4.39 Å². The summed E-state index contributed by atoms with van der Waals surface area (Å²) in [4.78, 5) is 40.5. The van der Waals surface area contributed by atoms with Gasteiger partial charge in [-0.05, 0) is 35.9 Å². The van der Waals surface area contributed by atoms with Gasteiger partial charge in [-0.2, -0.15) is 0 Å². The number of benzene rings is 2. The molecule has 0 saturated carbocycles. The molecule has 0 aliphatic heterocycles. The summed E-state index contributed by atoms with van der Waals surface area (Å²) in [5.41, 5.74) is 0.430. The quantitative estimate of drug-likeness (QED) is 0.641. The Labute approximate surface area is 152 Å². The molecule has 0 spiro atoms. The molecular weight excluding hydrogens is 349 g/mol. The zero-order chi connectivity index (χ0) is 19.4. The Bertz CT molecular complexity index is 1220. The zero-order valence-electron chi connectivity index (χ0n) is 14.4. The lowest BCUT2D eigenvalue weighted by Crippen LogP contribution is -2.46. The van der Waals surface area contributed by atoms with Crippen molar-refractivity contribution in [1.82, 2.24) is 9.97 Å². The molecule has 0 fully saturated rings. The average molecular weight is 365 g/mol. The van der Waals surface area contributed by atoms with Crippen LogP contribution in [0.5, 0.6) is 0 Å². The van der Waals surface area contributed by atoms with E-state index >= 15 is 0 Å². The van der Waals surface area contributed by atoms with Crippen LogP contribution in [0.1, 0.15) is 18.1 Å². The summed E-state index contributed by atoms with van der Waals surface area (Å²) in [6, 6.07) is 12.7. The van der Waals surface area contributed by atoms with Crippen molar-refractivity contribution < 1.29 is 9.18 Å². The van der Waals surface area contributed by atoms with E-state index in [-0.39, 0.29) is 22.2 Å². The summed E-state index contributed by atoms with van der Waals surface area (Å²) in [6.07, 6.45) is 2.78. The van der Waals surface area contributed by atoms with Gasteiger partial charge in [0.25, 0.3) is 11.1 Å². The molecule has 3 aromatic rings. The van der Waals surface area contributed by atoms with Crippen LogP contribution < -0.4 is 27.1 Å². The summed E-state index contributed by atoms with van der Waals surface area (Å²) in [5.74, 6) is -0.679. The topological polar surface area (TPSA) is 94.8 Å². The van der Waals surface area contributed by atoms with E-state index in [2.05, 4.69) is 15.3 Å². The van der Waals surface area contributed by atoms with E-state index in [1.165, 1.54) is 37.3 Å². The van der Waals surface area contributed by atoms with Crippen molar-refractivity contribution in [3.8, 4) is 0 Å². The number of halogens is 1. The molecular formula is C20H16FN3O3. The fraction of sp³-hybridized carbons (Fsp3) is 0.0500. The van der Waals surface area contributed by atoms with Crippen molar-refractivity contribution >= 4 is 23.7 Å². The van der Waals surface area contributed by atoms with Gasteiger partial charge in [-0.3, -0.25) is 14.4 Å². The van der Waals surface area contributed by atoms with Crippen molar-refractivity contribution in [2.75, 3.05) is 5.32 Å². The van der Waals surface area contributed by atoms with Crippen molar-refractivity contribution in [2.45, 2.75) is 6.92 Å². The maximum atomic E-state index is 13.7. The Morgan fingerprint density at radius 1 is 0.926 bits per heavy atom. The van der Waals surface area contributed by atoms with E-state index in [4.69, 9.17) is 0 Å². The molecule has 0 radical (unpaired) electrons. The minimum absolute atomic E-state index is 0.0387. The van der Waals surface area contributed by atoms with Gasteiger partial charge in [0.1, 0.15) is 16.5 Å². The van der Waals surface area contributed by atoms with Crippen molar-refractivity contribution in [2.24, 2.45) is 0 Å². The van der Waals surface area contributed by atoms with E-state index < -0.39 is 16.9 Å². The van der Waals surface area contributed by atoms with Crippen LogP contribution in [0.4, 0.5) is 10.1 Å². The molecule has 0 bridgehead atoms. The van der Waals surface area contributed by atoms with Gasteiger partial charge >= 0.3 is 0 Å². The highest BCUT2D eigenvalue weighted by molar-refractivity contribution is 5.88. The molecule has 1 heterocycles. The molecule has 27 heavy (non-hydrogen) atoms. The van der Waals surface area contributed by atoms with E-state index in [1.54, 1.807) is 30.3 Å². The highest BCUT2D eigenvalue weighted by Gasteiger charge is 2.00. The van der Waals surface area contributed by atoms with Crippen LogP contribution >= 0.6 is 0 Å². The number of amides is 1. The molecule has 1 aromatic heterocycles. The van der Waals surface area contributed by atoms with Crippen molar-refractivity contribution in [3.63, 3.8) is 0 Å². The fourth-order valence-corrected chi connectivity index (χ4v) is 2.48. The Kier molecular flexibility index (Phi) is 5.12. The van der Waals surface area contributed by atoms with Gasteiger partial charge in [-0.1, -0.05) is 30.3 Å². The number of hydrogen-bond acceptors (Lipinski definition) is 3. The summed E-state index contributed by atoms with van der Waals surface area (Å²) in [7, 11) is 0. The number of hydrogen-bond donors (Lipinski definition) is 3. The Balaban J connectivity index is 2.01. The summed E-state index contributed by atoms with van der Waals surface area (Å²) in [5, 5.41) is 2.67. The lowest BCUT2D eigenvalue weighted by Gasteiger charge is -2.01. The second kappa shape index (κ2) is 7.65. The molecule has 2 aromatic carbocycles. The van der Waals surface area contributed by atoms with Crippen LogP contribution in [-0.4, -0.2) is 15.9 Å². The largest absolute Gasteiger partial charge is 0.326 e. The molecule has 0 saturated heterocycles. The molecule has 3 rings (SSSR count). The smallest absolute Gasteiger partial charge is 0.272 e. The minimum atomic E-state index is -0.543.